The molecule has 124 valence electrons. The molecule has 2 N–H and O–H groups in total. The Bertz CT molecular complexity index is 982. The standard InChI is InChI=1S/C18H13ClN4OS/c19-13-7-14-12(8-20-16(14)21-9-13)6-15-17(24)23-18(22-15)25-10-11-4-2-1-3-5-11/h1-9,24H,10H2,(H,22,23)/b12-6-. The van der Waals surface area contributed by atoms with E-state index in [1.807, 2.05) is 18.2 Å². The summed E-state index contributed by atoms with van der Waals surface area (Å²) in [5.74, 6) is 1.35. The Kier molecular flexibility index (Phi) is 4.29. The third kappa shape index (κ3) is 3.45. The smallest absolute Gasteiger partial charge is 0.237 e. The van der Waals surface area contributed by atoms with Crippen molar-refractivity contribution in [3.8, 4) is 5.88 Å². The first kappa shape index (κ1) is 15.9. The second kappa shape index (κ2) is 6.74. The molecule has 0 atom stereocenters. The lowest BCUT2D eigenvalue weighted by atomic mass is 10.1. The highest BCUT2D eigenvalue weighted by molar-refractivity contribution is 7.98. The summed E-state index contributed by atoms with van der Waals surface area (Å²) in [6.07, 6.45) is 5.06. The molecule has 1 aliphatic heterocycles. The fraction of sp³-hybridized carbons (Fsp3) is 0.0556. The molecule has 2 aromatic heterocycles. The van der Waals surface area contributed by atoms with E-state index in [4.69, 9.17) is 11.6 Å². The van der Waals surface area contributed by atoms with Crippen molar-refractivity contribution in [2.75, 3.05) is 0 Å². The van der Waals surface area contributed by atoms with Crippen LogP contribution in [-0.4, -0.2) is 26.3 Å². The van der Waals surface area contributed by atoms with Crippen LogP contribution in [0.4, 0.5) is 5.82 Å². The number of fused-ring (bicyclic) bond motifs is 1. The average Bonchev–Trinajstić information content (AvgIpc) is 3.18. The number of imidazole rings is 1. The zero-order valence-corrected chi connectivity index (χ0v) is 14.6. The van der Waals surface area contributed by atoms with Gasteiger partial charge in [-0.15, -0.1) is 0 Å². The number of H-pyrrole nitrogens is 1. The molecule has 25 heavy (non-hydrogen) atoms. The molecule has 0 bridgehead atoms. The molecule has 0 spiro atoms. The normalized spacial score (nSPS) is 14.2. The van der Waals surface area contributed by atoms with Gasteiger partial charge in [0.2, 0.25) is 5.88 Å². The van der Waals surface area contributed by atoms with Gasteiger partial charge < -0.3 is 10.1 Å². The van der Waals surface area contributed by atoms with Crippen LogP contribution in [0.25, 0.3) is 11.6 Å². The van der Waals surface area contributed by atoms with Crippen molar-refractivity contribution < 1.29 is 5.11 Å². The molecule has 7 heteroatoms. The molecule has 0 amide bonds. The molecule has 0 saturated heterocycles. The van der Waals surface area contributed by atoms with Crippen LogP contribution in [0.2, 0.25) is 5.02 Å². The largest absolute Gasteiger partial charge is 0.492 e. The van der Waals surface area contributed by atoms with E-state index in [9.17, 15) is 5.11 Å². The summed E-state index contributed by atoms with van der Waals surface area (Å²) < 4.78 is 0. The molecule has 0 saturated carbocycles. The molecule has 4 rings (SSSR count). The number of thioether (sulfide) groups is 1. The highest BCUT2D eigenvalue weighted by atomic mass is 35.5. The second-order valence-electron chi connectivity index (χ2n) is 5.44. The number of aromatic amines is 1. The van der Waals surface area contributed by atoms with E-state index in [1.165, 1.54) is 17.3 Å². The van der Waals surface area contributed by atoms with Crippen molar-refractivity contribution >= 4 is 47.0 Å². The zero-order valence-electron chi connectivity index (χ0n) is 13.0. The number of aliphatic imine (C=N–C) groups is 1. The number of halogens is 1. The van der Waals surface area contributed by atoms with Crippen LogP contribution in [0.15, 0.2) is 52.7 Å². The van der Waals surface area contributed by atoms with Crippen molar-refractivity contribution in [3.63, 3.8) is 0 Å². The zero-order chi connectivity index (χ0) is 17.2. The predicted octanol–water partition coefficient (Wildman–Crippen LogP) is 4.71. The lowest BCUT2D eigenvalue weighted by Gasteiger charge is -1.99. The van der Waals surface area contributed by atoms with Crippen LogP contribution in [0.1, 0.15) is 16.8 Å². The molecule has 1 aliphatic rings. The third-order valence-corrected chi connectivity index (χ3v) is 4.83. The first-order chi connectivity index (χ1) is 12.2. The van der Waals surface area contributed by atoms with Gasteiger partial charge in [-0.2, -0.15) is 4.98 Å². The van der Waals surface area contributed by atoms with E-state index >= 15 is 0 Å². The van der Waals surface area contributed by atoms with Crippen LogP contribution >= 0.6 is 23.4 Å². The Morgan fingerprint density at radius 3 is 2.92 bits per heavy atom. The summed E-state index contributed by atoms with van der Waals surface area (Å²) in [4.78, 5) is 15.7. The monoisotopic (exact) mass is 368 g/mol. The SMILES string of the molecule is Oc1nc(SCc2ccccc2)[nH]c1/C=C1/C=Nc2ncc(Cl)cc21. The number of benzene rings is 1. The van der Waals surface area contributed by atoms with Crippen molar-refractivity contribution in [1.29, 1.82) is 0 Å². The van der Waals surface area contributed by atoms with Crippen molar-refractivity contribution in [1.82, 2.24) is 15.0 Å². The van der Waals surface area contributed by atoms with Gasteiger partial charge in [0.15, 0.2) is 11.0 Å². The number of rotatable bonds is 4. The molecule has 0 radical (unpaired) electrons. The van der Waals surface area contributed by atoms with E-state index in [2.05, 4.69) is 32.1 Å². The number of aromatic hydroxyl groups is 1. The van der Waals surface area contributed by atoms with Gasteiger partial charge in [-0.1, -0.05) is 53.7 Å². The van der Waals surface area contributed by atoms with Gasteiger partial charge in [-0.3, -0.25) is 0 Å². The molecule has 5 nitrogen and oxygen atoms in total. The number of nitrogens with one attached hydrogen (secondary N) is 1. The van der Waals surface area contributed by atoms with Gasteiger partial charge in [-0.25, -0.2) is 9.98 Å². The summed E-state index contributed by atoms with van der Waals surface area (Å²) >= 11 is 7.54. The maximum Gasteiger partial charge on any atom is 0.237 e. The molecule has 3 aromatic rings. The Morgan fingerprint density at radius 1 is 1.24 bits per heavy atom. The Morgan fingerprint density at radius 2 is 2.08 bits per heavy atom. The molecule has 1 aromatic carbocycles. The third-order valence-electron chi connectivity index (χ3n) is 3.68. The molecule has 3 heterocycles. The first-order valence-corrected chi connectivity index (χ1v) is 8.93. The maximum atomic E-state index is 10.1. The summed E-state index contributed by atoms with van der Waals surface area (Å²) in [6.45, 7) is 0. The number of aromatic nitrogens is 3. The van der Waals surface area contributed by atoms with Crippen LogP contribution in [0.5, 0.6) is 5.88 Å². The van der Waals surface area contributed by atoms with E-state index in [0.29, 0.717) is 21.7 Å². The predicted molar refractivity (Wildman–Crippen MR) is 102 cm³/mol. The molecular weight excluding hydrogens is 356 g/mol. The van der Waals surface area contributed by atoms with Crippen LogP contribution in [-0.2, 0) is 5.75 Å². The van der Waals surface area contributed by atoms with Gasteiger partial charge in [0, 0.05) is 29.3 Å². The summed E-state index contributed by atoms with van der Waals surface area (Å²) in [5.41, 5.74) is 3.38. The van der Waals surface area contributed by atoms with Crippen molar-refractivity contribution in [3.05, 3.63) is 64.4 Å². The fourth-order valence-electron chi connectivity index (χ4n) is 2.47. The van der Waals surface area contributed by atoms with E-state index in [-0.39, 0.29) is 5.88 Å². The summed E-state index contributed by atoms with van der Waals surface area (Å²) in [7, 11) is 0. The minimum absolute atomic E-state index is 0.0418. The fourth-order valence-corrected chi connectivity index (χ4v) is 3.46. The first-order valence-electron chi connectivity index (χ1n) is 7.56. The summed E-state index contributed by atoms with van der Waals surface area (Å²) in [5, 5.41) is 11.3. The van der Waals surface area contributed by atoms with Gasteiger partial charge in [-0.05, 0) is 17.7 Å². The Labute approximate surface area is 153 Å². The lowest BCUT2D eigenvalue weighted by Crippen LogP contribution is -1.84. The number of pyridine rings is 1. The van der Waals surface area contributed by atoms with E-state index in [1.54, 1.807) is 24.6 Å². The number of hydrogen-bond acceptors (Lipinski definition) is 5. The Hall–Kier alpha value is -2.57. The maximum absolute atomic E-state index is 10.1. The van der Waals surface area contributed by atoms with Gasteiger partial charge in [0.05, 0.1) is 5.02 Å². The second-order valence-corrected chi connectivity index (χ2v) is 6.84. The van der Waals surface area contributed by atoms with Crippen LogP contribution in [0.3, 0.4) is 0 Å². The minimum atomic E-state index is -0.0418. The number of nitrogens with zero attached hydrogens (tertiary/aromatic N) is 3. The van der Waals surface area contributed by atoms with Crippen molar-refractivity contribution in [2.45, 2.75) is 10.9 Å². The average molecular weight is 369 g/mol. The summed E-state index contributed by atoms with van der Waals surface area (Å²) in [6, 6.07) is 11.9. The Balaban J connectivity index is 1.56. The van der Waals surface area contributed by atoms with E-state index < -0.39 is 0 Å². The van der Waals surface area contributed by atoms with Crippen LogP contribution < -0.4 is 0 Å². The topological polar surface area (TPSA) is 74.2 Å². The van der Waals surface area contributed by atoms with Crippen molar-refractivity contribution in [2.24, 2.45) is 4.99 Å². The van der Waals surface area contributed by atoms with E-state index in [0.717, 1.165) is 16.9 Å². The lowest BCUT2D eigenvalue weighted by molar-refractivity contribution is 0.453. The van der Waals surface area contributed by atoms with Gasteiger partial charge in [0.25, 0.3) is 0 Å². The molecule has 0 unspecified atom stereocenters. The molecule has 0 aliphatic carbocycles. The molecule has 0 fully saturated rings. The van der Waals surface area contributed by atoms with Gasteiger partial charge >= 0.3 is 0 Å². The van der Waals surface area contributed by atoms with Crippen LogP contribution in [0, 0.1) is 0 Å². The molecular formula is C18H13ClN4OS. The number of hydrogen-bond donors (Lipinski definition) is 2. The van der Waals surface area contributed by atoms with Gasteiger partial charge in [0.1, 0.15) is 5.69 Å². The highest BCUT2D eigenvalue weighted by Crippen LogP contribution is 2.34. The number of allylic oxidation sites excluding steroid dienone is 1. The minimum Gasteiger partial charge on any atom is -0.492 e. The quantitative estimate of drug-likeness (QED) is 0.654. The highest BCUT2D eigenvalue weighted by Gasteiger charge is 2.16.